The van der Waals surface area contributed by atoms with Crippen molar-refractivity contribution in [2.45, 2.75) is 7.43 Å². The maximum atomic E-state index is 5.63. The number of hydrogen-bond acceptors (Lipinski definition) is 6. The summed E-state index contributed by atoms with van der Waals surface area (Å²) in [6, 6.07) is 19.5. The largest absolute Gasteiger partial charge is 0.444 e. The standard InChI is InChI=1S/C12H8ClN3O.C12H9N3O.CH4/c13-12-14-8-11(17-12)9-2-4-10(5-3-9)16-7-1-6-15-16;1-6-14-15(7-1)11-4-2-10(3-5-11)12-8-13-9-16-12;/h1-8H;1-9H;1H4. The summed E-state index contributed by atoms with van der Waals surface area (Å²) in [5.74, 6) is 1.43. The molecule has 6 rings (SSSR count). The zero-order valence-corrected chi connectivity index (χ0v) is 17.9. The van der Waals surface area contributed by atoms with Crippen LogP contribution in [0.1, 0.15) is 7.43 Å². The molecule has 0 fully saturated rings. The van der Waals surface area contributed by atoms with E-state index in [1.807, 2.05) is 77.7 Å². The van der Waals surface area contributed by atoms with E-state index in [4.69, 9.17) is 20.4 Å². The van der Waals surface area contributed by atoms with Crippen LogP contribution in [0.15, 0.2) is 113 Å². The molecule has 0 atom stereocenters. The van der Waals surface area contributed by atoms with E-state index in [-0.39, 0.29) is 12.8 Å². The lowest BCUT2D eigenvalue weighted by Crippen LogP contribution is -1.93. The predicted octanol–water partition coefficient (Wildman–Crippen LogP) is 6.34. The van der Waals surface area contributed by atoms with Crippen molar-refractivity contribution < 1.29 is 8.83 Å². The Morgan fingerprint density at radius 1 is 0.706 bits per heavy atom. The monoisotopic (exact) mass is 472 g/mol. The topological polar surface area (TPSA) is 87.7 Å². The molecule has 0 aliphatic heterocycles. The van der Waals surface area contributed by atoms with Crippen molar-refractivity contribution in [3.05, 3.63) is 110 Å². The zero-order valence-electron chi connectivity index (χ0n) is 17.2. The highest BCUT2D eigenvalue weighted by atomic mass is 35.5. The molecule has 0 radical (unpaired) electrons. The van der Waals surface area contributed by atoms with Crippen LogP contribution in [0.25, 0.3) is 34.0 Å². The molecule has 2 aromatic carbocycles. The number of hydrogen-bond donors (Lipinski definition) is 0. The molecule has 34 heavy (non-hydrogen) atoms. The van der Waals surface area contributed by atoms with Gasteiger partial charge in [0.25, 0.3) is 5.35 Å². The summed E-state index contributed by atoms with van der Waals surface area (Å²) in [6.07, 6.45) is 12.0. The minimum absolute atomic E-state index is 0. The molecule has 9 heteroatoms. The first-order valence-corrected chi connectivity index (χ1v) is 10.3. The Morgan fingerprint density at radius 3 is 1.68 bits per heavy atom. The number of rotatable bonds is 4. The maximum Gasteiger partial charge on any atom is 0.292 e. The fraction of sp³-hybridized carbons (Fsp3) is 0.0400. The minimum atomic E-state index is 0. The van der Waals surface area contributed by atoms with Gasteiger partial charge in [0.15, 0.2) is 17.9 Å². The van der Waals surface area contributed by atoms with E-state index in [0.717, 1.165) is 28.3 Å². The van der Waals surface area contributed by atoms with E-state index in [0.29, 0.717) is 5.76 Å². The van der Waals surface area contributed by atoms with Gasteiger partial charge in [0.1, 0.15) is 0 Å². The Labute approximate surface area is 201 Å². The van der Waals surface area contributed by atoms with Crippen molar-refractivity contribution in [2.24, 2.45) is 0 Å². The van der Waals surface area contributed by atoms with E-state index >= 15 is 0 Å². The second-order valence-electron chi connectivity index (χ2n) is 6.84. The smallest absolute Gasteiger partial charge is 0.292 e. The lowest BCUT2D eigenvalue weighted by Gasteiger charge is -2.01. The van der Waals surface area contributed by atoms with Gasteiger partial charge in [-0.25, -0.2) is 19.3 Å². The molecule has 170 valence electrons. The van der Waals surface area contributed by atoms with Crippen LogP contribution in [-0.4, -0.2) is 29.5 Å². The summed E-state index contributed by atoms with van der Waals surface area (Å²) in [5, 5.41) is 8.46. The van der Waals surface area contributed by atoms with E-state index in [9.17, 15) is 0 Å². The van der Waals surface area contributed by atoms with Crippen LogP contribution < -0.4 is 0 Å². The molecular formula is C25H21ClN6O2. The summed E-state index contributed by atoms with van der Waals surface area (Å²) in [5.41, 5.74) is 3.95. The van der Waals surface area contributed by atoms with Gasteiger partial charge in [-0.1, -0.05) is 7.43 Å². The molecule has 0 spiro atoms. The van der Waals surface area contributed by atoms with E-state index in [1.54, 1.807) is 29.5 Å². The highest BCUT2D eigenvalue weighted by molar-refractivity contribution is 6.27. The van der Waals surface area contributed by atoms with Gasteiger partial charge in [0.05, 0.1) is 23.8 Å². The van der Waals surface area contributed by atoms with Crippen molar-refractivity contribution in [2.75, 3.05) is 0 Å². The number of benzene rings is 2. The average Bonchev–Trinajstić information content (AvgIpc) is 3.67. The molecule has 0 aliphatic rings. The third kappa shape index (κ3) is 5.13. The Morgan fingerprint density at radius 2 is 1.26 bits per heavy atom. The molecule has 0 N–H and O–H groups in total. The van der Waals surface area contributed by atoms with Gasteiger partial charge in [-0.2, -0.15) is 10.2 Å². The van der Waals surface area contributed by atoms with Crippen LogP contribution >= 0.6 is 11.6 Å². The molecular weight excluding hydrogens is 452 g/mol. The van der Waals surface area contributed by atoms with Crippen molar-refractivity contribution in [3.63, 3.8) is 0 Å². The average molecular weight is 473 g/mol. The molecule has 0 bridgehead atoms. The highest BCUT2D eigenvalue weighted by Crippen LogP contribution is 2.23. The summed E-state index contributed by atoms with van der Waals surface area (Å²) >= 11 is 5.63. The van der Waals surface area contributed by atoms with Crippen molar-refractivity contribution in [1.29, 1.82) is 0 Å². The fourth-order valence-corrected chi connectivity index (χ4v) is 3.28. The Hall–Kier alpha value is -4.43. The third-order valence-corrected chi connectivity index (χ3v) is 4.93. The lowest BCUT2D eigenvalue weighted by atomic mass is 10.2. The van der Waals surface area contributed by atoms with Gasteiger partial charge in [-0.3, -0.25) is 0 Å². The lowest BCUT2D eigenvalue weighted by molar-refractivity contribution is 0.572. The number of nitrogens with zero attached hydrogens (tertiary/aromatic N) is 6. The predicted molar refractivity (Wildman–Crippen MR) is 130 cm³/mol. The molecule has 0 saturated heterocycles. The number of halogens is 1. The minimum Gasteiger partial charge on any atom is -0.444 e. The highest BCUT2D eigenvalue weighted by Gasteiger charge is 2.05. The zero-order chi connectivity index (χ0) is 22.5. The summed E-state index contributed by atoms with van der Waals surface area (Å²) in [4.78, 5) is 7.73. The van der Waals surface area contributed by atoms with E-state index in [2.05, 4.69) is 20.2 Å². The molecule has 0 unspecified atom stereocenters. The molecule has 4 aromatic heterocycles. The van der Waals surface area contributed by atoms with Crippen LogP contribution in [0.5, 0.6) is 0 Å². The number of oxazole rings is 2. The van der Waals surface area contributed by atoms with Crippen molar-refractivity contribution >= 4 is 11.6 Å². The molecule has 6 aromatic rings. The van der Waals surface area contributed by atoms with Gasteiger partial charge in [-0.15, -0.1) is 0 Å². The van der Waals surface area contributed by atoms with Crippen LogP contribution in [0.2, 0.25) is 5.35 Å². The van der Waals surface area contributed by atoms with E-state index < -0.39 is 0 Å². The van der Waals surface area contributed by atoms with Gasteiger partial charge in [0, 0.05) is 35.9 Å². The Balaban J connectivity index is 0.000000157. The van der Waals surface area contributed by atoms with Crippen LogP contribution in [0.4, 0.5) is 0 Å². The molecule has 4 heterocycles. The van der Waals surface area contributed by atoms with Crippen LogP contribution in [0.3, 0.4) is 0 Å². The van der Waals surface area contributed by atoms with Gasteiger partial charge >= 0.3 is 0 Å². The second kappa shape index (κ2) is 10.5. The first kappa shape index (κ1) is 22.8. The quantitative estimate of drug-likeness (QED) is 0.297. The van der Waals surface area contributed by atoms with Crippen LogP contribution in [0, 0.1) is 0 Å². The maximum absolute atomic E-state index is 5.63. The van der Waals surface area contributed by atoms with Crippen molar-refractivity contribution in [1.82, 2.24) is 29.5 Å². The third-order valence-electron chi connectivity index (χ3n) is 4.75. The fourth-order valence-electron chi connectivity index (χ4n) is 3.14. The summed E-state index contributed by atoms with van der Waals surface area (Å²) in [6.45, 7) is 0. The van der Waals surface area contributed by atoms with Crippen LogP contribution in [-0.2, 0) is 0 Å². The van der Waals surface area contributed by atoms with Gasteiger partial charge in [-0.05, 0) is 72.3 Å². The Kier molecular flexibility index (Phi) is 7.00. The molecule has 0 saturated carbocycles. The van der Waals surface area contributed by atoms with Gasteiger partial charge < -0.3 is 8.83 Å². The number of aromatic nitrogens is 6. The first-order chi connectivity index (χ1) is 16.3. The normalized spacial score (nSPS) is 10.3. The van der Waals surface area contributed by atoms with Crippen molar-refractivity contribution in [3.8, 4) is 34.0 Å². The summed E-state index contributed by atoms with van der Waals surface area (Å²) < 4.78 is 14.0. The summed E-state index contributed by atoms with van der Waals surface area (Å²) in [7, 11) is 0. The Bertz CT molecular complexity index is 1340. The van der Waals surface area contributed by atoms with Gasteiger partial charge in [0.2, 0.25) is 0 Å². The second-order valence-corrected chi connectivity index (χ2v) is 7.16. The van der Waals surface area contributed by atoms with E-state index in [1.165, 1.54) is 6.39 Å². The molecule has 0 aliphatic carbocycles. The SMILES string of the molecule is C.Clc1ncc(-c2ccc(-n3cccn3)cc2)o1.c1cnn(-c2ccc(-c3cnco3)cc2)c1. The first-order valence-electron chi connectivity index (χ1n) is 9.97. The molecule has 8 nitrogen and oxygen atoms in total. The molecule has 0 amide bonds.